The summed E-state index contributed by atoms with van der Waals surface area (Å²) in [5, 5.41) is 5.89. The third kappa shape index (κ3) is 8.00. The molecule has 6 rings (SSSR count). The smallest absolute Gasteiger partial charge is 0.259 e. The lowest BCUT2D eigenvalue weighted by Gasteiger charge is -2.26. The second-order valence-corrected chi connectivity index (χ2v) is 18.5. The summed E-state index contributed by atoms with van der Waals surface area (Å²) in [5.74, 6) is -1.89. The first-order valence-corrected chi connectivity index (χ1v) is 21.4. The molecule has 2 heterocycles. The van der Waals surface area contributed by atoms with Crippen LogP contribution in [0.2, 0.25) is 0 Å². The van der Waals surface area contributed by atoms with Gasteiger partial charge in [-0.15, -0.1) is 11.3 Å². The van der Waals surface area contributed by atoms with E-state index in [0.717, 1.165) is 40.9 Å². The average Bonchev–Trinajstić information content (AvgIpc) is 4.02. The number of carbonyl (C=O) groups excluding carboxylic acids is 3. The van der Waals surface area contributed by atoms with Crippen molar-refractivity contribution in [3.8, 4) is 22.2 Å². The summed E-state index contributed by atoms with van der Waals surface area (Å²) in [5.41, 5.74) is 2.37. The van der Waals surface area contributed by atoms with Crippen LogP contribution in [0, 0.1) is 24.7 Å². The lowest BCUT2D eigenvalue weighted by Crippen LogP contribution is -2.54. The topological polar surface area (TPSA) is 157 Å². The first-order chi connectivity index (χ1) is 25.6. The number of fused-ring (bicyclic) bond motifs is 1. The third-order valence-electron chi connectivity index (χ3n) is 11.1. The summed E-state index contributed by atoms with van der Waals surface area (Å²) in [6.45, 7) is 14.5. The number of rotatable bonds is 16. The molecule has 0 unspecified atom stereocenters. The van der Waals surface area contributed by atoms with Crippen LogP contribution in [0.1, 0.15) is 96.2 Å². The zero-order valence-electron chi connectivity index (χ0n) is 32.4. The number of benzene rings is 1. The lowest BCUT2D eigenvalue weighted by molar-refractivity contribution is -0.140. The van der Waals surface area contributed by atoms with Crippen LogP contribution in [0.25, 0.3) is 21.6 Å². The van der Waals surface area contributed by atoms with Crippen molar-refractivity contribution < 1.29 is 32.3 Å². The van der Waals surface area contributed by atoms with Gasteiger partial charge in [-0.25, -0.2) is 18.4 Å². The van der Waals surface area contributed by atoms with Gasteiger partial charge in [-0.1, -0.05) is 45.8 Å². The van der Waals surface area contributed by atoms with E-state index in [0.29, 0.717) is 47.7 Å². The highest BCUT2D eigenvalue weighted by Crippen LogP contribution is 2.49. The molecule has 2 N–H and O–H groups in total. The number of thiazole rings is 1. The number of carbonyl (C=O) groups is 3. The molecule has 54 heavy (non-hydrogen) atoms. The van der Waals surface area contributed by atoms with E-state index in [1.807, 2.05) is 30.5 Å². The highest BCUT2D eigenvalue weighted by atomic mass is 32.2. The first kappa shape index (κ1) is 39.6. The molecule has 0 spiro atoms. The van der Waals surface area contributed by atoms with Crippen molar-refractivity contribution in [1.29, 1.82) is 0 Å². The molecular weight excluding hydrogens is 727 g/mol. The van der Waals surface area contributed by atoms with Crippen LogP contribution in [0.3, 0.4) is 0 Å². The Bertz CT molecular complexity index is 2060. The molecule has 2 aromatic heterocycles. The van der Waals surface area contributed by atoms with E-state index in [-0.39, 0.29) is 31.1 Å². The van der Waals surface area contributed by atoms with Gasteiger partial charge >= 0.3 is 0 Å². The molecular formula is C40H53N5O7S2. The van der Waals surface area contributed by atoms with Gasteiger partial charge in [0.15, 0.2) is 0 Å². The number of methoxy groups -OCH3 is 1. The summed E-state index contributed by atoms with van der Waals surface area (Å²) in [4.78, 5) is 53.7. The van der Waals surface area contributed by atoms with Crippen molar-refractivity contribution >= 4 is 50.0 Å². The lowest BCUT2D eigenvalue weighted by atomic mass is 9.93. The molecule has 292 valence electrons. The molecule has 3 fully saturated rings. The molecule has 3 saturated carbocycles. The molecule has 1 aromatic carbocycles. The predicted molar refractivity (Wildman–Crippen MR) is 210 cm³/mol. The Kier molecular flexibility index (Phi) is 11.5. The van der Waals surface area contributed by atoms with Gasteiger partial charge in [0.25, 0.3) is 5.91 Å². The predicted octanol–water partition coefficient (Wildman–Crippen LogP) is 6.28. The van der Waals surface area contributed by atoms with Crippen LogP contribution >= 0.6 is 11.3 Å². The molecule has 14 heteroatoms. The number of nitrogens with one attached hydrogen (secondary N) is 2. The van der Waals surface area contributed by atoms with Gasteiger partial charge < -0.3 is 19.7 Å². The van der Waals surface area contributed by atoms with Crippen LogP contribution in [-0.2, 0) is 24.4 Å². The maximum Gasteiger partial charge on any atom is 0.259 e. The van der Waals surface area contributed by atoms with Crippen LogP contribution in [0.5, 0.6) is 11.5 Å². The number of sulfonamides is 1. The monoisotopic (exact) mass is 779 g/mol. The molecule has 5 atom stereocenters. The van der Waals surface area contributed by atoms with Crippen LogP contribution in [-0.4, -0.2) is 78.6 Å². The Morgan fingerprint density at radius 3 is 2.44 bits per heavy atom. The largest absolute Gasteiger partial charge is 0.496 e. The van der Waals surface area contributed by atoms with Crippen molar-refractivity contribution in [2.24, 2.45) is 17.8 Å². The van der Waals surface area contributed by atoms with Gasteiger partial charge in [0.2, 0.25) is 21.8 Å². The Labute approximate surface area is 322 Å². The summed E-state index contributed by atoms with van der Waals surface area (Å²) in [6, 6.07) is 5.65. The van der Waals surface area contributed by atoms with Crippen molar-refractivity contribution in [1.82, 2.24) is 24.9 Å². The van der Waals surface area contributed by atoms with Crippen LogP contribution in [0.15, 0.2) is 35.7 Å². The van der Waals surface area contributed by atoms with Crippen LogP contribution < -0.4 is 19.5 Å². The normalized spacial score (nSPS) is 23.6. The molecule has 0 aliphatic heterocycles. The molecule has 3 amide bonds. The minimum absolute atomic E-state index is 0.163. The highest BCUT2D eigenvalue weighted by molar-refractivity contribution is 7.91. The quantitative estimate of drug-likeness (QED) is 0.126. The van der Waals surface area contributed by atoms with Crippen LogP contribution in [0.4, 0.5) is 0 Å². The van der Waals surface area contributed by atoms with E-state index in [4.69, 9.17) is 19.4 Å². The Morgan fingerprint density at radius 1 is 1.11 bits per heavy atom. The second kappa shape index (κ2) is 15.6. The van der Waals surface area contributed by atoms with E-state index < -0.39 is 56.5 Å². The fourth-order valence-electron chi connectivity index (χ4n) is 7.60. The van der Waals surface area contributed by atoms with Gasteiger partial charge in [-0.3, -0.25) is 19.1 Å². The maximum atomic E-state index is 14.4. The minimum Gasteiger partial charge on any atom is -0.496 e. The molecule has 0 saturated heterocycles. The van der Waals surface area contributed by atoms with E-state index in [9.17, 15) is 22.8 Å². The number of ether oxygens (including phenoxy) is 2. The van der Waals surface area contributed by atoms with Gasteiger partial charge in [0.05, 0.1) is 35.4 Å². The highest BCUT2D eigenvalue weighted by Gasteiger charge is 2.63. The number of nitrogens with zero attached hydrogens (tertiary/aromatic N) is 3. The van der Waals surface area contributed by atoms with Gasteiger partial charge in [-0.05, 0) is 70.4 Å². The minimum atomic E-state index is -3.85. The number of aromatic nitrogens is 2. The summed E-state index contributed by atoms with van der Waals surface area (Å²) < 4.78 is 40.2. The van der Waals surface area contributed by atoms with E-state index >= 15 is 0 Å². The Balaban J connectivity index is 1.32. The molecule has 0 radical (unpaired) electrons. The Hall–Kier alpha value is -4.04. The van der Waals surface area contributed by atoms with Gasteiger partial charge in [0, 0.05) is 41.9 Å². The third-order valence-corrected chi connectivity index (χ3v) is 13.8. The number of amides is 3. The number of hydrogen-bond acceptors (Lipinski definition) is 10. The zero-order valence-corrected chi connectivity index (χ0v) is 34.0. The number of unbranched alkanes of at least 4 members (excludes halogenated alkanes) is 2. The molecule has 0 bridgehead atoms. The van der Waals surface area contributed by atoms with E-state index in [1.54, 1.807) is 26.0 Å². The van der Waals surface area contributed by atoms with Crippen molar-refractivity contribution in [2.75, 3.05) is 20.7 Å². The fraction of sp³-hybridized carbons (Fsp3) is 0.575. The standard InChI is InChI=1S/C40H53N5O7S2/c1-9-10-11-16-45(7)38(47)29-18-25(17-28(29)36(46)43-40(20-30(40)22(2)3)39(48)44-54(49,50)26-12-13-26)52-34-19-31(37-42-32(21-53-37)23(4)5)41-35-24(6)33(51-8)15-14-27(34)35/h14-15,19,21,23,25-26,28-30H,2,9-13,16-18,20H2,1,3-8H3,(H,43,46)(H,44,48)/t25-,28-,29-,30+,40-/m1/s1. The Morgan fingerprint density at radius 2 is 1.83 bits per heavy atom. The van der Waals surface area contributed by atoms with Crippen molar-refractivity contribution in [3.05, 3.63) is 47.0 Å². The van der Waals surface area contributed by atoms with E-state index in [1.165, 1.54) is 11.3 Å². The average molecular weight is 780 g/mol. The van der Waals surface area contributed by atoms with Crippen molar-refractivity contribution in [2.45, 2.75) is 109 Å². The summed E-state index contributed by atoms with van der Waals surface area (Å²) in [6.07, 6.45) is 3.99. The first-order valence-electron chi connectivity index (χ1n) is 19.0. The molecule has 3 aliphatic rings. The molecule has 3 aliphatic carbocycles. The number of pyridine rings is 1. The maximum absolute atomic E-state index is 14.4. The van der Waals surface area contributed by atoms with E-state index in [2.05, 4.69) is 37.4 Å². The summed E-state index contributed by atoms with van der Waals surface area (Å²) >= 11 is 1.51. The fourth-order valence-corrected chi connectivity index (χ4v) is 9.90. The van der Waals surface area contributed by atoms with Crippen molar-refractivity contribution in [3.63, 3.8) is 0 Å². The second-order valence-electron chi connectivity index (χ2n) is 15.7. The number of aryl methyl sites for hydroxylation is 1. The number of hydrogen-bond donors (Lipinski definition) is 2. The van der Waals surface area contributed by atoms with Gasteiger partial charge in [0.1, 0.15) is 33.8 Å². The zero-order chi connectivity index (χ0) is 39.1. The molecule has 3 aromatic rings. The summed E-state index contributed by atoms with van der Waals surface area (Å²) in [7, 11) is -0.478. The van der Waals surface area contributed by atoms with Gasteiger partial charge in [-0.2, -0.15) is 0 Å². The molecule has 12 nitrogen and oxygen atoms in total. The SMILES string of the molecule is C=C(C)[C@@H]1C[C@]1(NC(=O)[C@@H]1C[C@@H](Oc2cc(-c3nc(C(C)C)cs3)nc3c(C)c(OC)ccc23)C[C@H]1C(=O)N(C)CCCCC)C(=O)NS(=O)(=O)C1CC1.